The van der Waals surface area contributed by atoms with Crippen molar-refractivity contribution >= 4 is 40.8 Å². The average Bonchev–Trinajstić information content (AvgIpc) is 3.06. The number of rotatable bonds is 6. The van der Waals surface area contributed by atoms with Gasteiger partial charge in [0.05, 0.1) is 0 Å². The fourth-order valence-electron chi connectivity index (χ4n) is 1.84. The van der Waals surface area contributed by atoms with Crippen LogP contribution in [0.1, 0.15) is 29.1 Å². The molecule has 2 aromatic rings. The summed E-state index contributed by atoms with van der Waals surface area (Å²) < 4.78 is 5.06. The predicted molar refractivity (Wildman–Crippen MR) is 94.0 cm³/mol. The lowest BCUT2D eigenvalue weighted by Gasteiger charge is -2.12. The van der Waals surface area contributed by atoms with E-state index in [-0.39, 0.29) is 5.78 Å². The first-order valence-electron chi connectivity index (χ1n) is 7.30. The van der Waals surface area contributed by atoms with Crippen molar-refractivity contribution in [1.82, 2.24) is 0 Å². The second-order valence-corrected chi connectivity index (χ2v) is 6.03. The number of thiophene rings is 1. The number of Topliss-reactive ketones (excluding diaryl/α,β-unsaturated/α-hetero) is 1. The Kier molecular flexibility index (Phi) is 6.03. The van der Waals surface area contributed by atoms with Crippen LogP contribution in [0.15, 0.2) is 47.9 Å². The van der Waals surface area contributed by atoms with Gasteiger partial charge in [-0.05, 0) is 55.6 Å². The van der Waals surface area contributed by atoms with Gasteiger partial charge >= 0.3 is 5.97 Å². The second kappa shape index (κ2) is 8.21. The van der Waals surface area contributed by atoms with Crippen molar-refractivity contribution in [2.45, 2.75) is 20.0 Å². The van der Waals surface area contributed by atoms with Gasteiger partial charge in [-0.15, -0.1) is 11.3 Å². The highest BCUT2D eigenvalue weighted by molar-refractivity contribution is 7.10. The molecule has 6 heteroatoms. The molecular weight excluding hydrogens is 326 g/mol. The van der Waals surface area contributed by atoms with Crippen molar-refractivity contribution in [1.29, 1.82) is 0 Å². The van der Waals surface area contributed by atoms with Crippen molar-refractivity contribution < 1.29 is 19.1 Å². The number of benzene rings is 1. The molecule has 0 aliphatic rings. The number of hydrogen-bond donors (Lipinski definition) is 1. The fraction of sp³-hybridized carbons (Fsp3) is 0.167. The van der Waals surface area contributed by atoms with Gasteiger partial charge in [-0.3, -0.25) is 9.59 Å². The zero-order chi connectivity index (χ0) is 17.5. The molecule has 0 aliphatic heterocycles. The number of hydrogen-bond acceptors (Lipinski definition) is 5. The summed E-state index contributed by atoms with van der Waals surface area (Å²) in [6.45, 7) is 2.97. The third kappa shape index (κ3) is 5.17. The summed E-state index contributed by atoms with van der Waals surface area (Å²) in [7, 11) is 0. The van der Waals surface area contributed by atoms with E-state index < -0.39 is 18.0 Å². The van der Waals surface area contributed by atoms with E-state index in [1.807, 2.05) is 17.5 Å². The Hall–Kier alpha value is -2.73. The van der Waals surface area contributed by atoms with Crippen LogP contribution in [0.4, 0.5) is 5.69 Å². The molecule has 1 aromatic carbocycles. The molecule has 0 bridgehead atoms. The Morgan fingerprint density at radius 2 is 1.88 bits per heavy atom. The van der Waals surface area contributed by atoms with E-state index in [2.05, 4.69) is 5.32 Å². The number of esters is 1. The van der Waals surface area contributed by atoms with Gasteiger partial charge in [0, 0.05) is 22.2 Å². The lowest BCUT2D eigenvalue weighted by Crippen LogP contribution is -2.29. The van der Waals surface area contributed by atoms with Crippen molar-refractivity contribution in [3.8, 4) is 0 Å². The number of nitrogens with one attached hydrogen (secondary N) is 1. The van der Waals surface area contributed by atoms with Gasteiger partial charge in [-0.1, -0.05) is 6.07 Å². The molecule has 0 radical (unpaired) electrons. The molecule has 1 heterocycles. The maximum Gasteiger partial charge on any atom is 0.331 e. The van der Waals surface area contributed by atoms with Crippen LogP contribution < -0.4 is 5.32 Å². The number of amides is 1. The van der Waals surface area contributed by atoms with E-state index in [0.29, 0.717) is 11.3 Å². The molecule has 1 atom stereocenters. The van der Waals surface area contributed by atoms with Gasteiger partial charge in [0.15, 0.2) is 11.9 Å². The molecule has 0 unspecified atom stereocenters. The summed E-state index contributed by atoms with van der Waals surface area (Å²) in [6, 6.07) is 10.2. The molecule has 0 saturated carbocycles. The van der Waals surface area contributed by atoms with Crippen molar-refractivity contribution in [2.24, 2.45) is 0 Å². The first-order chi connectivity index (χ1) is 11.5. The Labute approximate surface area is 144 Å². The zero-order valence-corrected chi connectivity index (χ0v) is 14.1. The SMILES string of the molecule is CC(=O)c1ccc(NC(=O)[C@H](C)OC(=O)/C=C/c2cccs2)cc1. The zero-order valence-electron chi connectivity index (χ0n) is 13.3. The molecule has 1 aromatic heterocycles. The number of ketones is 1. The maximum absolute atomic E-state index is 12.0. The molecule has 24 heavy (non-hydrogen) atoms. The molecular formula is C18H17NO4S. The second-order valence-electron chi connectivity index (χ2n) is 5.05. The number of anilines is 1. The van der Waals surface area contributed by atoms with Crippen LogP contribution in [0, 0.1) is 0 Å². The van der Waals surface area contributed by atoms with E-state index in [4.69, 9.17) is 4.74 Å². The number of ether oxygens (including phenoxy) is 1. The fourth-order valence-corrected chi connectivity index (χ4v) is 2.45. The van der Waals surface area contributed by atoms with E-state index in [1.54, 1.807) is 30.3 Å². The minimum Gasteiger partial charge on any atom is -0.449 e. The summed E-state index contributed by atoms with van der Waals surface area (Å²) in [5.41, 5.74) is 1.09. The van der Waals surface area contributed by atoms with Crippen LogP contribution >= 0.6 is 11.3 Å². The standard InChI is InChI=1S/C18H17NO4S/c1-12(20)14-5-7-15(8-6-14)19-18(22)13(2)23-17(21)10-9-16-4-3-11-24-16/h3-11,13H,1-2H3,(H,19,22)/b10-9+/t13-/m0/s1. The predicted octanol–water partition coefficient (Wildman–Crippen LogP) is 3.53. The Morgan fingerprint density at radius 3 is 2.46 bits per heavy atom. The summed E-state index contributed by atoms with van der Waals surface area (Å²) >= 11 is 1.50. The highest BCUT2D eigenvalue weighted by Gasteiger charge is 2.16. The minimum absolute atomic E-state index is 0.0484. The highest BCUT2D eigenvalue weighted by Crippen LogP contribution is 2.12. The Balaban J connectivity index is 1.87. The average molecular weight is 343 g/mol. The van der Waals surface area contributed by atoms with Crippen molar-refractivity contribution in [3.63, 3.8) is 0 Å². The first kappa shape index (κ1) is 17.6. The van der Waals surface area contributed by atoms with Crippen LogP contribution in [0.2, 0.25) is 0 Å². The molecule has 0 saturated heterocycles. The lowest BCUT2D eigenvalue weighted by atomic mass is 10.1. The molecule has 2 rings (SSSR count). The van der Waals surface area contributed by atoms with Crippen LogP contribution in [-0.4, -0.2) is 23.8 Å². The topological polar surface area (TPSA) is 72.5 Å². The molecule has 5 nitrogen and oxygen atoms in total. The summed E-state index contributed by atoms with van der Waals surface area (Å²) in [4.78, 5) is 35.9. The van der Waals surface area contributed by atoms with Crippen LogP contribution in [0.3, 0.4) is 0 Å². The van der Waals surface area contributed by atoms with Gasteiger partial charge in [-0.25, -0.2) is 4.79 Å². The largest absolute Gasteiger partial charge is 0.449 e. The molecule has 1 amide bonds. The molecule has 124 valence electrons. The van der Waals surface area contributed by atoms with Gasteiger partial charge in [0.1, 0.15) is 0 Å². The number of carbonyl (C=O) groups is 3. The molecule has 0 aliphatic carbocycles. The van der Waals surface area contributed by atoms with Gasteiger partial charge < -0.3 is 10.1 Å². The van der Waals surface area contributed by atoms with Gasteiger partial charge in [-0.2, -0.15) is 0 Å². The summed E-state index contributed by atoms with van der Waals surface area (Å²) in [6.07, 6.45) is 1.99. The first-order valence-corrected chi connectivity index (χ1v) is 8.18. The van der Waals surface area contributed by atoms with Crippen LogP contribution in [-0.2, 0) is 14.3 Å². The van der Waals surface area contributed by atoms with Crippen molar-refractivity contribution in [2.75, 3.05) is 5.32 Å². The van der Waals surface area contributed by atoms with Crippen LogP contribution in [0.5, 0.6) is 0 Å². The Bertz CT molecular complexity index is 748. The molecule has 0 fully saturated rings. The lowest BCUT2D eigenvalue weighted by molar-refractivity contribution is -0.148. The normalized spacial score (nSPS) is 11.9. The molecule has 1 N–H and O–H groups in total. The van der Waals surface area contributed by atoms with E-state index >= 15 is 0 Å². The van der Waals surface area contributed by atoms with E-state index in [1.165, 1.54) is 31.3 Å². The monoisotopic (exact) mass is 343 g/mol. The minimum atomic E-state index is -0.932. The van der Waals surface area contributed by atoms with Crippen molar-refractivity contribution in [3.05, 3.63) is 58.3 Å². The van der Waals surface area contributed by atoms with Crippen LogP contribution in [0.25, 0.3) is 6.08 Å². The highest BCUT2D eigenvalue weighted by atomic mass is 32.1. The summed E-state index contributed by atoms with van der Waals surface area (Å²) in [5, 5.41) is 4.53. The third-order valence-corrected chi connectivity index (χ3v) is 3.99. The molecule has 0 spiro atoms. The number of carbonyl (C=O) groups excluding carboxylic acids is 3. The van der Waals surface area contributed by atoms with E-state index in [0.717, 1.165) is 4.88 Å². The smallest absolute Gasteiger partial charge is 0.331 e. The van der Waals surface area contributed by atoms with Gasteiger partial charge in [0.25, 0.3) is 5.91 Å². The van der Waals surface area contributed by atoms with Gasteiger partial charge in [0.2, 0.25) is 0 Å². The Morgan fingerprint density at radius 1 is 1.17 bits per heavy atom. The third-order valence-electron chi connectivity index (χ3n) is 3.15. The quantitative estimate of drug-likeness (QED) is 0.495. The summed E-state index contributed by atoms with van der Waals surface area (Å²) in [5.74, 6) is -1.07. The van der Waals surface area contributed by atoms with E-state index in [9.17, 15) is 14.4 Å². The maximum atomic E-state index is 12.0.